The highest BCUT2D eigenvalue weighted by atomic mass is 16.5. The van der Waals surface area contributed by atoms with Crippen molar-refractivity contribution in [2.45, 2.75) is 13.5 Å². The summed E-state index contributed by atoms with van der Waals surface area (Å²) in [6.45, 7) is 2.24. The van der Waals surface area contributed by atoms with Gasteiger partial charge in [0, 0.05) is 17.6 Å². The van der Waals surface area contributed by atoms with Crippen LogP contribution in [-0.4, -0.2) is 31.6 Å². The van der Waals surface area contributed by atoms with E-state index in [1.54, 1.807) is 12.1 Å². The van der Waals surface area contributed by atoms with E-state index in [2.05, 4.69) is 11.2 Å². The zero-order valence-electron chi connectivity index (χ0n) is 12.8. The predicted molar refractivity (Wildman–Crippen MR) is 83.7 cm³/mol. The van der Waals surface area contributed by atoms with E-state index < -0.39 is 18.5 Å². The Balaban J connectivity index is 2.15. The van der Waals surface area contributed by atoms with Crippen LogP contribution in [0.4, 0.5) is 0 Å². The van der Waals surface area contributed by atoms with Crippen molar-refractivity contribution in [3.05, 3.63) is 35.6 Å². The molecule has 0 fully saturated rings. The molecule has 1 heterocycles. The minimum Gasteiger partial charge on any atom is -0.450 e. The molecule has 0 aliphatic carbocycles. The van der Waals surface area contributed by atoms with E-state index in [1.807, 2.05) is 19.1 Å². The summed E-state index contributed by atoms with van der Waals surface area (Å²) in [7, 11) is 0. The lowest BCUT2D eigenvalue weighted by Crippen LogP contribution is -2.29. The third-order valence-corrected chi connectivity index (χ3v) is 3.06. The highest BCUT2D eigenvalue weighted by molar-refractivity contribution is 5.96. The van der Waals surface area contributed by atoms with Crippen LogP contribution in [0.15, 0.2) is 28.7 Å². The Morgan fingerprint density at radius 2 is 2.13 bits per heavy atom. The molecule has 1 aromatic carbocycles. The van der Waals surface area contributed by atoms with Crippen molar-refractivity contribution in [1.82, 2.24) is 5.32 Å². The van der Waals surface area contributed by atoms with Crippen molar-refractivity contribution in [2.24, 2.45) is 0 Å². The van der Waals surface area contributed by atoms with Crippen LogP contribution in [-0.2, 0) is 20.9 Å². The number of hydrogen-bond donors (Lipinski definition) is 1. The molecule has 0 unspecified atom stereocenters. The summed E-state index contributed by atoms with van der Waals surface area (Å²) < 4.78 is 15.9. The van der Waals surface area contributed by atoms with Gasteiger partial charge in [0.2, 0.25) is 5.76 Å². The summed E-state index contributed by atoms with van der Waals surface area (Å²) >= 11 is 0. The first-order chi connectivity index (χ1) is 11.2. The normalized spacial score (nSPS) is 10.3. The van der Waals surface area contributed by atoms with E-state index in [0.717, 1.165) is 5.39 Å². The van der Waals surface area contributed by atoms with Gasteiger partial charge in [-0.1, -0.05) is 24.1 Å². The number of nitrogens with one attached hydrogen (secondary N) is 1. The highest BCUT2D eigenvalue weighted by Crippen LogP contribution is 2.27. The molecule has 1 amide bonds. The number of carbonyl (C=O) groups excluding carboxylic acids is 2. The van der Waals surface area contributed by atoms with Crippen LogP contribution in [0.3, 0.4) is 0 Å². The van der Waals surface area contributed by atoms with Crippen LogP contribution >= 0.6 is 0 Å². The second-order valence-corrected chi connectivity index (χ2v) is 4.60. The van der Waals surface area contributed by atoms with E-state index in [-0.39, 0.29) is 18.9 Å². The minimum absolute atomic E-state index is 0.0457. The molecule has 6 nitrogen and oxygen atoms in total. The zero-order chi connectivity index (χ0) is 16.7. The number of para-hydroxylation sites is 1. The van der Waals surface area contributed by atoms with Crippen molar-refractivity contribution in [1.29, 1.82) is 0 Å². The largest absolute Gasteiger partial charge is 0.450 e. The number of carbonyl (C=O) groups is 2. The van der Waals surface area contributed by atoms with Crippen molar-refractivity contribution in [3.63, 3.8) is 0 Å². The molecule has 0 saturated heterocycles. The van der Waals surface area contributed by atoms with Gasteiger partial charge in [0.1, 0.15) is 5.58 Å². The average Bonchev–Trinajstić information content (AvgIpc) is 2.94. The zero-order valence-corrected chi connectivity index (χ0v) is 12.8. The number of benzene rings is 1. The highest BCUT2D eigenvalue weighted by Gasteiger charge is 2.22. The van der Waals surface area contributed by atoms with Crippen LogP contribution in [0.5, 0.6) is 0 Å². The first-order valence-electron chi connectivity index (χ1n) is 7.12. The summed E-state index contributed by atoms with van der Waals surface area (Å²) in [5, 5.41) is 3.19. The molecule has 120 valence electrons. The van der Waals surface area contributed by atoms with E-state index in [1.165, 1.54) is 0 Å². The van der Waals surface area contributed by atoms with E-state index >= 15 is 0 Å². The Labute approximate surface area is 133 Å². The smallest absolute Gasteiger partial charge is 0.375 e. The number of rotatable bonds is 7. The molecule has 0 atom stereocenters. The van der Waals surface area contributed by atoms with Gasteiger partial charge >= 0.3 is 5.97 Å². The maximum atomic E-state index is 12.2. The van der Waals surface area contributed by atoms with Gasteiger partial charge in [-0.3, -0.25) is 4.79 Å². The molecule has 0 aliphatic heterocycles. The lowest BCUT2D eigenvalue weighted by atomic mass is 10.1. The number of furan rings is 1. The van der Waals surface area contributed by atoms with Gasteiger partial charge in [0.25, 0.3) is 5.91 Å². The molecule has 2 aromatic rings. The molecule has 23 heavy (non-hydrogen) atoms. The molecule has 0 aliphatic rings. The number of fused-ring (bicyclic) bond motifs is 1. The third-order valence-electron chi connectivity index (χ3n) is 3.06. The fourth-order valence-electron chi connectivity index (χ4n) is 2.01. The second-order valence-electron chi connectivity index (χ2n) is 4.60. The molecule has 0 radical (unpaired) electrons. The fraction of sp³-hybridized carbons (Fsp3) is 0.294. The lowest BCUT2D eigenvalue weighted by molar-refractivity contribution is -0.124. The Morgan fingerprint density at radius 3 is 2.87 bits per heavy atom. The topological polar surface area (TPSA) is 77.8 Å². The number of esters is 1. The van der Waals surface area contributed by atoms with E-state index in [0.29, 0.717) is 17.8 Å². The van der Waals surface area contributed by atoms with Crippen LogP contribution in [0.2, 0.25) is 0 Å². The maximum Gasteiger partial charge on any atom is 0.375 e. The maximum absolute atomic E-state index is 12.2. The lowest BCUT2D eigenvalue weighted by Gasteiger charge is -2.05. The molecule has 0 saturated carbocycles. The standard InChI is InChI=1S/C17H17NO5/c1-3-9-18-15(19)11-22-17(20)16-13(10-21-4-2)12-7-5-6-8-14(12)23-16/h1,5-8H,4,9-11H2,2H3,(H,18,19). The molecule has 1 aromatic heterocycles. The summed E-state index contributed by atoms with van der Waals surface area (Å²) in [6, 6.07) is 7.24. The number of hydrogen-bond acceptors (Lipinski definition) is 5. The van der Waals surface area contributed by atoms with Crippen molar-refractivity contribution >= 4 is 22.8 Å². The van der Waals surface area contributed by atoms with Crippen LogP contribution in [0, 0.1) is 12.3 Å². The summed E-state index contributed by atoms with van der Waals surface area (Å²) in [4.78, 5) is 23.6. The first kappa shape index (κ1) is 16.6. The van der Waals surface area contributed by atoms with Crippen molar-refractivity contribution in [2.75, 3.05) is 19.8 Å². The molecular formula is C17H17NO5. The summed E-state index contributed by atoms with van der Waals surface area (Å²) in [5.41, 5.74) is 1.17. The van der Waals surface area contributed by atoms with Crippen molar-refractivity contribution in [3.8, 4) is 12.3 Å². The Hall–Kier alpha value is -2.78. The van der Waals surface area contributed by atoms with Gasteiger partial charge in [-0.15, -0.1) is 6.42 Å². The Morgan fingerprint density at radius 1 is 1.35 bits per heavy atom. The van der Waals surface area contributed by atoms with Gasteiger partial charge in [0.15, 0.2) is 6.61 Å². The van der Waals surface area contributed by atoms with E-state index in [9.17, 15) is 9.59 Å². The summed E-state index contributed by atoms with van der Waals surface area (Å²) in [5.74, 6) is 1.12. The summed E-state index contributed by atoms with van der Waals surface area (Å²) in [6.07, 6.45) is 5.03. The molecular weight excluding hydrogens is 298 g/mol. The SMILES string of the molecule is C#CCNC(=O)COC(=O)c1oc2ccccc2c1COCC. The molecule has 6 heteroatoms. The molecule has 1 N–H and O–H groups in total. The van der Waals surface area contributed by atoms with Gasteiger partial charge < -0.3 is 19.2 Å². The van der Waals surface area contributed by atoms with Gasteiger partial charge in [-0.05, 0) is 13.0 Å². The Bertz CT molecular complexity index is 741. The van der Waals surface area contributed by atoms with Crippen LogP contribution < -0.4 is 5.32 Å². The quantitative estimate of drug-likeness (QED) is 0.623. The monoisotopic (exact) mass is 315 g/mol. The predicted octanol–water partition coefficient (Wildman–Crippen LogP) is 1.88. The van der Waals surface area contributed by atoms with Gasteiger partial charge in [-0.25, -0.2) is 4.79 Å². The van der Waals surface area contributed by atoms with Gasteiger partial charge in [0.05, 0.1) is 13.2 Å². The fourth-order valence-corrected chi connectivity index (χ4v) is 2.01. The molecule has 2 rings (SSSR count). The number of amides is 1. The minimum atomic E-state index is -0.716. The van der Waals surface area contributed by atoms with Crippen LogP contribution in [0.25, 0.3) is 11.0 Å². The van der Waals surface area contributed by atoms with Gasteiger partial charge in [-0.2, -0.15) is 0 Å². The Kier molecular flexibility index (Phi) is 5.78. The van der Waals surface area contributed by atoms with Crippen molar-refractivity contribution < 1.29 is 23.5 Å². The van der Waals surface area contributed by atoms with E-state index in [4.69, 9.17) is 20.3 Å². The molecule has 0 spiro atoms. The number of ether oxygens (including phenoxy) is 2. The average molecular weight is 315 g/mol. The van der Waals surface area contributed by atoms with Crippen LogP contribution in [0.1, 0.15) is 23.0 Å². The first-order valence-corrected chi connectivity index (χ1v) is 7.12. The molecule has 0 bridgehead atoms. The second kappa shape index (κ2) is 8.01. The number of terminal acetylenes is 1. The third kappa shape index (κ3) is 4.11.